The molecular formula is C31H34N4OS. The van der Waals surface area contributed by atoms with Crippen LogP contribution in [0.5, 0.6) is 0 Å². The van der Waals surface area contributed by atoms with Gasteiger partial charge in [0.1, 0.15) is 0 Å². The Morgan fingerprint density at radius 1 is 0.919 bits per heavy atom. The molecule has 1 saturated heterocycles. The van der Waals surface area contributed by atoms with Gasteiger partial charge in [-0.05, 0) is 61.8 Å². The van der Waals surface area contributed by atoms with E-state index in [4.69, 9.17) is 0 Å². The summed E-state index contributed by atoms with van der Waals surface area (Å²) >= 11 is 1.67. The number of benzene rings is 3. The van der Waals surface area contributed by atoms with Gasteiger partial charge in [0.15, 0.2) is 11.0 Å². The molecule has 0 radical (unpaired) electrons. The van der Waals surface area contributed by atoms with E-state index in [9.17, 15) is 4.79 Å². The molecule has 0 spiro atoms. The molecule has 1 aliphatic heterocycles. The van der Waals surface area contributed by atoms with E-state index >= 15 is 0 Å². The Balaban J connectivity index is 1.15. The Hall–Kier alpha value is -3.38. The van der Waals surface area contributed by atoms with Crippen molar-refractivity contribution in [3.05, 3.63) is 96.1 Å². The van der Waals surface area contributed by atoms with E-state index in [0.29, 0.717) is 12.3 Å². The molecule has 1 aromatic heterocycles. The topological polar surface area (TPSA) is 51.0 Å². The van der Waals surface area contributed by atoms with Crippen LogP contribution >= 0.6 is 11.8 Å². The highest BCUT2D eigenvalue weighted by molar-refractivity contribution is 7.99. The van der Waals surface area contributed by atoms with Crippen molar-refractivity contribution in [2.24, 2.45) is 5.92 Å². The number of nitrogens with zero attached hydrogens (tertiary/aromatic N) is 4. The molecule has 0 aliphatic carbocycles. The second kappa shape index (κ2) is 12.2. The van der Waals surface area contributed by atoms with E-state index in [2.05, 4.69) is 93.3 Å². The second-order valence-corrected chi connectivity index (χ2v) is 10.9. The summed E-state index contributed by atoms with van der Waals surface area (Å²) in [6, 6.07) is 29.3. The summed E-state index contributed by atoms with van der Waals surface area (Å²) in [5, 5.41) is 9.92. The maximum absolute atomic E-state index is 12.9. The average Bonchev–Trinajstić information content (AvgIpc) is 3.36. The molecule has 6 heteroatoms. The van der Waals surface area contributed by atoms with Crippen LogP contribution in [-0.4, -0.2) is 44.4 Å². The molecule has 1 fully saturated rings. The van der Waals surface area contributed by atoms with E-state index in [1.807, 2.05) is 18.2 Å². The Morgan fingerprint density at radius 3 is 2.38 bits per heavy atom. The van der Waals surface area contributed by atoms with Crippen LogP contribution in [0.4, 0.5) is 0 Å². The van der Waals surface area contributed by atoms with Gasteiger partial charge in [-0.3, -0.25) is 9.36 Å². The molecule has 3 aromatic carbocycles. The lowest BCUT2D eigenvalue weighted by molar-refractivity contribution is -0.132. The first-order valence-corrected chi connectivity index (χ1v) is 14.2. The summed E-state index contributed by atoms with van der Waals surface area (Å²) in [5.41, 5.74) is 4.69. The summed E-state index contributed by atoms with van der Waals surface area (Å²) in [5.74, 6) is 2.62. The maximum atomic E-state index is 12.9. The fourth-order valence-corrected chi connectivity index (χ4v) is 5.91. The summed E-state index contributed by atoms with van der Waals surface area (Å²) in [6.07, 6.45) is 4.72. The van der Waals surface area contributed by atoms with Gasteiger partial charge in [0.05, 0.1) is 0 Å². The average molecular weight is 511 g/mol. The van der Waals surface area contributed by atoms with Gasteiger partial charge in [-0.2, -0.15) is 0 Å². The third-order valence-corrected chi connectivity index (χ3v) is 8.04. The second-order valence-electron chi connectivity index (χ2n) is 9.81. The molecule has 0 saturated carbocycles. The smallest absolute Gasteiger partial charge is 0.222 e. The molecule has 1 amide bonds. The van der Waals surface area contributed by atoms with Crippen molar-refractivity contribution in [1.82, 2.24) is 19.7 Å². The van der Waals surface area contributed by atoms with Crippen LogP contribution in [0.2, 0.25) is 0 Å². The third kappa shape index (κ3) is 6.50. The molecule has 1 aliphatic rings. The standard InChI is InChI=1S/C31H34N4OS/c1-24-10-8-15-28(22-24)35-30(27-13-6-3-7-14-27)32-33-31(35)37-21-9-16-29(36)34-19-17-26(18-20-34)23-25-11-4-2-5-12-25/h2-8,10-15,22,26H,9,16-21,23H2,1H3. The molecule has 0 N–H and O–H groups in total. The summed E-state index contributed by atoms with van der Waals surface area (Å²) in [6.45, 7) is 3.86. The minimum atomic E-state index is 0.281. The van der Waals surface area contributed by atoms with Gasteiger partial charge in [0.25, 0.3) is 0 Å². The number of piperidine rings is 1. The van der Waals surface area contributed by atoms with Crippen molar-refractivity contribution in [3.8, 4) is 17.1 Å². The lowest BCUT2D eigenvalue weighted by Gasteiger charge is -2.32. The fraction of sp³-hybridized carbons (Fsp3) is 0.323. The number of rotatable bonds is 9. The van der Waals surface area contributed by atoms with Crippen molar-refractivity contribution >= 4 is 17.7 Å². The molecule has 4 aromatic rings. The van der Waals surface area contributed by atoms with Gasteiger partial charge in [-0.15, -0.1) is 10.2 Å². The lowest BCUT2D eigenvalue weighted by Crippen LogP contribution is -2.38. The molecular weight excluding hydrogens is 476 g/mol. The Bertz CT molecular complexity index is 1300. The molecule has 0 bridgehead atoms. The van der Waals surface area contributed by atoms with Gasteiger partial charge in [0, 0.05) is 36.5 Å². The number of hydrogen-bond acceptors (Lipinski definition) is 4. The monoisotopic (exact) mass is 510 g/mol. The summed E-state index contributed by atoms with van der Waals surface area (Å²) < 4.78 is 2.13. The van der Waals surface area contributed by atoms with Crippen LogP contribution in [0.1, 0.15) is 36.8 Å². The van der Waals surface area contributed by atoms with E-state index in [0.717, 1.165) is 66.8 Å². The first-order chi connectivity index (χ1) is 18.2. The summed E-state index contributed by atoms with van der Waals surface area (Å²) in [7, 11) is 0. The highest BCUT2D eigenvalue weighted by Crippen LogP contribution is 2.29. The predicted molar refractivity (Wildman–Crippen MR) is 151 cm³/mol. The molecule has 5 nitrogen and oxygen atoms in total. The van der Waals surface area contributed by atoms with E-state index in [1.165, 1.54) is 11.1 Å². The van der Waals surface area contributed by atoms with Gasteiger partial charge in [-0.1, -0.05) is 84.6 Å². The van der Waals surface area contributed by atoms with Crippen molar-refractivity contribution in [1.29, 1.82) is 0 Å². The van der Waals surface area contributed by atoms with Gasteiger partial charge >= 0.3 is 0 Å². The number of aryl methyl sites for hydroxylation is 1. The number of thioether (sulfide) groups is 1. The van der Waals surface area contributed by atoms with Crippen molar-refractivity contribution < 1.29 is 4.79 Å². The molecule has 0 atom stereocenters. The van der Waals surface area contributed by atoms with Crippen molar-refractivity contribution in [2.75, 3.05) is 18.8 Å². The van der Waals surface area contributed by atoms with Crippen LogP contribution in [0.15, 0.2) is 90.1 Å². The first-order valence-electron chi connectivity index (χ1n) is 13.2. The molecule has 5 rings (SSSR count). The number of amides is 1. The SMILES string of the molecule is Cc1cccc(-n2c(SCCCC(=O)N3CCC(Cc4ccccc4)CC3)nnc2-c2ccccc2)c1. The molecule has 0 unspecified atom stereocenters. The normalized spacial score (nSPS) is 14.1. The van der Waals surface area contributed by atoms with Crippen LogP contribution in [0.25, 0.3) is 17.1 Å². The highest BCUT2D eigenvalue weighted by atomic mass is 32.2. The van der Waals surface area contributed by atoms with Gasteiger partial charge in [-0.25, -0.2) is 0 Å². The van der Waals surface area contributed by atoms with Gasteiger partial charge < -0.3 is 4.90 Å². The zero-order valence-electron chi connectivity index (χ0n) is 21.4. The number of hydrogen-bond donors (Lipinski definition) is 0. The van der Waals surface area contributed by atoms with Crippen LogP contribution in [0, 0.1) is 12.8 Å². The minimum absolute atomic E-state index is 0.281. The van der Waals surface area contributed by atoms with Crippen LogP contribution in [0.3, 0.4) is 0 Å². The van der Waals surface area contributed by atoms with Crippen LogP contribution in [-0.2, 0) is 11.2 Å². The van der Waals surface area contributed by atoms with Crippen molar-refractivity contribution in [3.63, 3.8) is 0 Å². The van der Waals surface area contributed by atoms with Crippen LogP contribution < -0.4 is 0 Å². The number of aromatic nitrogens is 3. The molecule has 190 valence electrons. The Kier molecular flexibility index (Phi) is 8.36. The summed E-state index contributed by atoms with van der Waals surface area (Å²) in [4.78, 5) is 14.9. The number of likely N-dealkylation sites (tertiary alicyclic amines) is 1. The van der Waals surface area contributed by atoms with E-state index in [-0.39, 0.29) is 5.91 Å². The van der Waals surface area contributed by atoms with Gasteiger partial charge in [0.2, 0.25) is 5.91 Å². The Labute approximate surface area is 223 Å². The molecule has 2 heterocycles. The van der Waals surface area contributed by atoms with E-state index in [1.54, 1.807) is 11.8 Å². The lowest BCUT2D eigenvalue weighted by atomic mass is 9.90. The number of carbonyl (C=O) groups excluding carboxylic acids is 1. The zero-order chi connectivity index (χ0) is 25.5. The zero-order valence-corrected chi connectivity index (χ0v) is 22.2. The van der Waals surface area contributed by atoms with Crippen molar-refractivity contribution in [2.45, 2.75) is 44.2 Å². The largest absolute Gasteiger partial charge is 0.343 e. The fourth-order valence-electron chi connectivity index (χ4n) is 5.02. The number of carbonyl (C=O) groups is 1. The third-order valence-electron chi connectivity index (χ3n) is 7.03. The molecule has 37 heavy (non-hydrogen) atoms. The first kappa shape index (κ1) is 25.3. The van der Waals surface area contributed by atoms with E-state index < -0.39 is 0 Å². The maximum Gasteiger partial charge on any atom is 0.222 e. The minimum Gasteiger partial charge on any atom is -0.343 e. The quantitative estimate of drug-likeness (QED) is 0.188. The highest BCUT2D eigenvalue weighted by Gasteiger charge is 2.23. The Morgan fingerprint density at radius 2 is 1.65 bits per heavy atom. The predicted octanol–water partition coefficient (Wildman–Crippen LogP) is 6.60.